The number of nitrogens with one attached hydrogen (secondary N) is 1. The molecule has 0 aliphatic carbocycles. The van der Waals surface area contributed by atoms with Crippen LogP contribution in [-0.4, -0.2) is 11.3 Å². The molecule has 1 aromatic heterocycles. The van der Waals surface area contributed by atoms with Gasteiger partial charge in [0.05, 0.1) is 11.4 Å². The zero-order valence-corrected chi connectivity index (χ0v) is 9.00. The summed E-state index contributed by atoms with van der Waals surface area (Å²) >= 11 is 5.15. The largest absolute Gasteiger partial charge is 0.573 e. The van der Waals surface area contributed by atoms with E-state index in [9.17, 15) is 31.1 Å². The first-order valence-electron chi connectivity index (χ1n) is 4.19. The van der Waals surface area contributed by atoms with E-state index in [1.54, 1.807) is 4.98 Å². The maximum Gasteiger partial charge on any atom is 0.573 e. The zero-order chi connectivity index (χ0) is 14.1. The summed E-state index contributed by atoms with van der Waals surface area (Å²) in [5.41, 5.74) is -3.88. The van der Waals surface area contributed by atoms with E-state index in [1.807, 2.05) is 0 Å². The van der Waals surface area contributed by atoms with Gasteiger partial charge in [-0.05, 0) is 0 Å². The number of aromatic nitrogens is 1. The lowest BCUT2D eigenvalue weighted by molar-refractivity contribution is -0.276. The van der Waals surface area contributed by atoms with Crippen LogP contribution in [0.25, 0.3) is 0 Å². The SMILES string of the molecule is O=c1[nH]cc(C(F)(F)F)c(OC(F)(F)F)c1CCl. The molecule has 0 aliphatic rings. The molecular weight excluding hydrogens is 292 g/mol. The van der Waals surface area contributed by atoms with Gasteiger partial charge in [0.15, 0.2) is 5.75 Å². The third-order valence-electron chi connectivity index (χ3n) is 1.80. The average Bonchev–Trinajstić information content (AvgIpc) is 2.13. The highest BCUT2D eigenvalue weighted by Crippen LogP contribution is 2.39. The molecule has 0 amide bonds. The van der Waals surface area contributed by atoms with E-state index in [1.165, 1.54) is 0 Å². The zero-order valence-electron chi connectivity index (χ0n) is 8.25. The molecule has 1 aromatic rings. The lowest BCUT2D eigenvalue weighted by atomic mass is 10.2. The van der Waals surface area contributed by atoms with E-state index in [2.05, 4.69) is 4.74 Å². The van der Waals surface area contributed by atoms with Crippen LogP contribution < -0.4 is 10.3 Å². The van der Waals surface area contributed by atoms with Gasteiger partial charge in [-0.1, -0.05) is 0 Å². The van der Waals surface area contributed by atoms with Crippen molar-refractivity contribution in [1.82, 2.24) is 4.98 Å². The number of H-pyrrole nitrogens is 1. The normalized spacial score (nSPS) is 12.6. The Morgan fingerprint density at radius 1 is 1.22 bits per heavy atom. The lowest BCUT2D eigenvalue weighted by Crippen LogP contribution is -2.25. The highest BCUT2D eigenvalue weighted by atomic mass is 35.5. The Kier molecular flexibility index (Phi) is 3.84. The van der Waals surface area contributed by atoms with Crippen molar-refractivity contribution in [3.63, 3.8) is 0 Å². The van der Waals surface area contributed by atoms with Gasteiger partial charge in [-0.2, -0.15) is 13.2 Å². The van der Waals surface area contributed by atoms with E-state index in [4.69, 9.17) is 11.6 Å². The van der Waals surface area contributed by atoms with Gasteiger partial charge in [0.1, 0.15) is 5.56 Å². The Labute approximate surface area is 100 Å². The summed E-state index contributed by atoms with van der Waals surface area (Å²) in [6, 6.07) is 0. The molecule has 0 aromatic carbocycles. The molecule has 1 N–H and O–H groups in total. The summed E-state index contributed by atoms with van der Waals surface area (Å²) in [6.07, 6.45) is -10.4. The van der Waals surface area contributed by atoms with E-state index in [0.29, 0.717) is 0 Å². The molecule has 0 saturated carbocycles. The minimum absolute atomic E-state index is 0.0967. The predicted molar refractivity (Wildman–Crippen MR) is 48.3 cm³/mol. The number of pyridine rings is 1. The molecule has 0 unspecified atom stereocenters. The quantitative estimate of drug-likeness (QED) is 0.673. The fourth-order valence-corrected chi connectivity index (χ4v) is 1.36. The molecule has 10 heteroatoms. The molecule has 1 rings (SSSR count). The van der Waals surface area contributed by atoms with Crippen molar-refractivity contribution in [3.8, 4) is 5.75 Å². The van der Waals surface area contributed by atoms with Crippen molar-refractivity contribution in [1.29, 1.82) is 0 Å². The van der Waals surface area contributed by atoms with Gasteiger partial charge >= 0.3 is 12.5 Å². The van der Waals surface area contributed by atoms with Crippen LogP contribution in [0.5, 0.6) is 5.75 Å². The molecule has 1 heterocycles. The number of halogens is 7. The molecule has 0 aliphatic heterocycles. The van der Waals surface area contributed by atoms with Gasteiger partial charge < -0.3 is 9.72 Å². The van der Waals surface area contributed by atoms with E-state index in [0.717, 1.165) is 0 Å². The first kappa shape index (κ1) is 14.7. The topological polar surface area (TPSA) is 42.1 Å². The number of hydrogen-bond donors (Lipinski definition) is 1. The van der Waals surface area contributed by atoms with Crippen molar-refractivity contribution in [2.75, 3.05) is 0 Å². The Balaban J connectivity index is 3.50. The van der Waals surface area contributed by atoms with Crippen LogP contribution >= 0.6 is 11.6 Å². The third-order valence-corrected chi connectivity index (χ3v) is 2.06. The molecule has 3 nitrogen and oxygen atoms in total. The standard InChI is InChI=1S/C8H4ClF6NO2/c9-1-3-5(18-8(13,14)15)4(7(10,11)12)2-16-6(3)17/h2H,1H2,(H,16,17). The van der Waals surface area contributed by atoms with Crippen LogP contribution in [0.1, 0.15) is 11.1 Å². The molecule has 0 saturated heterocycles. The van der Waals surface area contributed by atoms with Gasteiger partial charge in [0, 0.05) is 6.20 Å². The fraction of sp³-hybridized carbons (Fsp3) is 0.375. The minimum atomic E-state index is -5.37. The van der Waals surface area contributed by atoms with Crippen LogP contribution in [-0.2, 0) is 12.1 Å². The minimum Gasteiger partial charge on any atom is -0.405 e. The van der Waals surface area contributed by atoms with Crippen molar-refractivity contribution in [2.24, 2.45) is 0 Å². The Morgan fingerprint density at radius 3 is 2.17 bits per heavy atom. The average molecular weight is 296 g/mol. The van der Waals surface area contributed by atoms with E-state index >= 15 is 0 Å². The molecule has 0 bridgehead atoms. The summed E-state index contributed by atoms with van der Waals surface area (Å²) in [7, 11) is 0. The van der Waals surface area contributed by atoms with Gasteiger partial charge in [0.2, 0.25) is 0 Å². The lowest BCUT2D eigenvalue weighted by Gasteiger charge is -2.16. The molecule has 0 atom stereocenters. The van der Waals surface area contributed by atoms with Crippen molar-refractivity contribution in [3.05, 3.63) is 27.7 Å². The van der Waals surface area contributed by atoms with Crippen LogP contribution in [0, 0.1) is 0 Å². The van der Waals surface area contributed by atoms with Gasteiger partial charge in [-0.3, -0.25) is 4.79 Å². The Morgan fingerprint density at radius 2 is 1.78 bits per heavy atom. The van der Waals surface area contributed by atoms with Crippen LogP contribution in [0.2, 0.25) is 0 Å². The first-order valence-corrected chi connectivity index (χ1v) is 4.73. The van der Waals surface area contributed by atoms with Crippen molar-refractivity contribution in [2.45, 2.75) is 18.4 Å². The summed E-state index contributed by atoms with van der Waals surface area (Å²) in [6.45, 7) is 0. The molecule has 0 radical (unpaired) electrons. The second-order valence-electron chi connectivity index (χ2n) is 3.02. The Hall–Kier alpha value is -1.38. The van der Waals surface area contributed by atoms with E-state index < -0.39 is 40.9 Å². The Bertz CT molecular complexity index is 492. The van der Waals surface area contributed by atoms with Gasteiger partial charge in [-0.25, -0.2) is 0 Å². The number of hydrogen-bond acceptors (Lipinski definition) is 2. The number of rotatable bonds is 2. The van der Waals surface area contributed by atoms with E-state index in [-0.39, 0.29) is 6.20 Å². The second-order valence-corrected chi connectivity index (χ2v) is 3.29. The predicted octanol–water partition coefficient (Wildman–Crippen LogP) is 3.03. The van der Waals surface area contributed by atoms with Crippen molar-refractivity contribution >= 4 is 11.6 Å². The molecule has 0 fully saturated rings. The third kappa shape index (κ3) is 3.31. The number of aromatic amines is 1. The van der Waals surface area contributed by atoms with Crippen LogP contribution in [0.3, 0.4) is 0 Å². The van der Waals surface area contributed by atoms with Gasteiger partial charge in [-0.15, -0.1) is 24.8 Å². The van der Waals surface area contributed by atoms with Crippen LogP contribution in [0.4, 0.5) is 26.3 Å². The molecular formula is C8H4ClF6NO2. The fourth-order valence-electron chi connectivity index (χ4n) is 1.12. The molecule has 102 valence electrons. The smallest absolute Gasteiger partial charge is 0.405 e. The highest BCUT2D eigenvalue weighted by molar-refractivity contribution is 6.17. The summed E-state index contributed by atoms with van der Waals surface area (Å²) < 4.78 is 76.7. The first-order chi connectivity index (χ1) is 8.06. The second kappa shape index (κ2) is 4.71. The summed E-state index contributed by atoms with van der Waals surface area (Å²) in [5, 5.41) is 0. The molecule has 18 heavy (non-hydrogen) atoms. The highest BCUT2D eigenvalue weighted by Gasteiger charge is 2.41. The molecule has 0 spiro atoms. The number of ether oxygens (including phenoxy) is 1. The number of alkyl halides is 7. The maximum atomic E-state index is 12.5. The maximum absolute atomic E-state index is 12.5. The monoisotopic (exact) mass is 295 g/mol. The van der Waals surface area contributed by atoms with Gasteiger partial charge in [0.25, 0.3) is 5.56 Å². The summed E-state index contributed by atoms with van der Waals surface area (Å²) in [4.78, 5) is 12.7. The van der Waals surface area contributed by atoms with Crippen LogP contribution in [0.15, 0.2) is 11.0 Å². The summed E-state index contributed by atoms with van der Waals surface area (Å²) in [5.74, 6) is -2.49. The van der Waals surface area contributed by atoms with Crippen molar-refractivity contribution < 1.29 is 31.1 Å².